The zero-order valence-corrected chi connectivity index (χ0v) is 9.24. The summed E-state index contributed by atoms with van der Waals surface area (Å²) in [6, 6.07) is 10.4. The van der Waals surface area contributed by atoms with Crippen molar-refractivity contribution in [2.24, 2.45) is 0 Å². The van der Waals surface area contributed by atoms with Crippen LogP contribution >= 0.6 is 0 Å². The summed E-state index contributed by atoms with van der Waals surface area (Å²) in [5.41, 5.74) is 1.27. The van der Waals surface area contributed by atoms with Crippen LogP contribution in [0.5, 0.6) is 0 Å². The molecular formula is C13H18N2. The van der Waals surface area contributed by atoms with Gasteiger partial charge in [-0.2, -0.15) is 0 Å². The lowest BCUT2D eigenvalue weighted by Gasteiger charge is -2.22. The minimum Gasteiger partial charge on any atom is -0.371 e. The van der Waals surface area contributed by atoms with Crippen molar-refractivity contribution in [2.75, 3.05) is 31.1 Å². The van der Waals surface area contributed by atoms with Crippen molar-refractivity contribution in [3.05, 3.63) is 30.3 Å². The lowest BCUT2D eigenvalue weighted by molar-refractivity contribution is 0.713. The summed E-state index contributed by atoms with van der Waals surface area (Å²) >= 11 is 0. The number of anilines is 1. The number of terminal acetylenes is 1. The maximum atomic E-state index is 5.16. The molecule has 0 aliphatic carbocycles. The molecule has 0 saturated heterocycles. The predicted octanol–water partition coefficient (Wildman–Crippen LogP) is 1.74. The number of nitrogens with one attached hydrogen (secondary N) is 1. The van der Waals surface area contributed by atoms with Crippen LogP contribution in [0.1, 0.15) is 6.92 Å². The minimum absolute atomic E-state index is 0.645. The lowest BCUT2D eigenvalue weighted by atomic mass is 10.3. The molecule has 2 nitrogen and oxygen atoms in total. The Morgan fingerprint density at radius 2 is 2.07 bits per heavy atom. The van der Waals surface area contributed by atoms with Gasteiger partial charge in [0, 0.05) is 25.3 Å². The van der Waals surface area contributed by atoms with Crippen LogP contribution in [0.15, 0.2) is 30.3 Å². The highest BCUT2D eigenvalue weighted by atomic mass is 15.1. The molecule has 80 valence electrons. The maximum absolute atomic E-state index is 5.16. The fraction of sp³-hybridized carbons (Fsp3) is 0.385. The predicted molar refractivity (Wildman–Crippen MR) is 66.0 cm³/mol. The van der Waals surface area contributed by atoms with Crippen LogP contribution in [0.25, 0.3) is 0 Å². The van der Waals surface area contributed by atoms with Gasteiger partial charge in [0.1, 0.15) is 0 Å². The first-order chi connectivity index (χ1) is 7.38. The Hall–Kier alpha value is -1.46. The number of rotatable bonds is 6. The molecule has 0 fully saturated rings. The molecule has 0 aliphatic heterocycles. The van der Waals surface area contributed by atoms with Gasteiger partial charge in [-0.15, -0.1) is 6.42 Å². The molecule has 0 spiro atoms. The second-order valence-corrected chi connectivity index (χ2v) is 3.30. The van der Waals surface area contributed by atoms with Gasteiger partial charge in [0.2, 0.25) is 0 Å². The van der Waals surface area contributed by atoms with E-state index in [4.69, 9.17) is 6.42 Å². The molecule has 1 rings (SSSR count). The number of hydrogen-bond acceptors (Lipinski definition) is 2. The summed E-state index contributed by atoms with van der Waals surface area (Å²) in [6.07, 6.45) is 5.16. The van der Waals surface area contributed by atoms with Crippen molar-refractivity contribution in [2.45, 2.75) is 6.92 Å². The van der Waals surface area contributed by atoms with Gasteiger partial charge in [0.15, 0.2) is 0 Å². The summed E-state index contributed by atoms with van der Waals surface area (Å²) < 4.78 is 0. The molecule has 1 N–H and O–H groups in total. The Morgan fingerprint density at radius 1 is 1.33 bits per heavy atom. The summed E-state index contributed by atoms with van der Waals surface area (Å²) in [5.74, 6) is 2.57. The van der Waals surface area contributed by atoms with Crippen molar-refractivity contribution in [3.8, 4) is 12.3 Å². The van der Waals surface area contributed by atoms with Gasteiger partial charge in [0.05, 0.1) is 6.54 Å². The van der Waals surface area contributed by atoms with Gasteiger partial charge in [-0.25, -0.2) is 0 Å². The van der Waals surface area contributed by atoms with Gasteiger partial charge in [-0.05, 0) is 19.1 Å². The standard InChI is InChI=1S/C13H18N2/c1-3-10-14-11-12-15(4-2)13-8-6-5-7-9-13/h1,5-9,14H,4,10-12H2,2H3. The SMILES string of the molecule is C#CCNCCN(CC)c1ccccc1. The van der Waals surface area contributed by atoms with Gasteiger partial charge in [-0.3, -0.25) is 0 Å². The Balaban J connectivity index is 2.40. The van der Waals surface area contributed by atoms with E-state index in [2.05, 4.69) is 47.3 Å². The van der Waals surface area contributed by atoms with E-state index in [9.17, 15) is 0 Å². The van der Waals surface area contributed by atoms with Gasteiger partial charge >= 0.3 is 0 Å². The van der Waals surface area contributed by atoms with Gasteiger partial charge in [-0.1, -0.05) is 24.1 Å². The molecule has 0 atom stereocenters. The minimum atomic E-state index is 0.645. The molecule has 15 heavy (non-hydrogen) atoms. The average molecular weight is 202 g/mol. The highest BCUT2D eigenvalue weighted by Gasteiger charge is 2.01. The molecule has 0 radical (unpaired) electrons. The van der Waals surface area contributed by atoms with E-state index in [-0.39, 0.29) is 0 Å². The van der Waals surface area contributed by atoms with Crippen LogP contribution in [0.4, 0.5) is 5.69 Å². The second-order valence-electron chi connectivity index (χ2n) is 3.30. The van der Waals surface area contributed by atoms with E-state index in [1.165, 1.54) is 5.69 Å². The number of hydrogen-bond donors (Lipinski definition) is 1. The topological polar surface area (TPSA) is 15.3 Å². The fourth-order valence-electron chi connectivity index (χ4n) is 1.48. The zero-order valence-electron chi connectivity index (χ0n) is 9.24. The van der Waals surface area contributed by atoms with E-state index < -0.39 is 0 Å². The van der Waals surface area contributed by atoms with Crippen LogP contribution in [0.3, 0.4) is 0 Å². The van der Waals surface area contributed by atoms with Crippen molar-refractivity contribution in [3.63, 3.8) is 0 Å². The molecule has 0 amide bonds. The molecule has 0 aliphatic rings. The normalized spacial score (nSPS) is 9.60. The molecule has 2 heteroatoms. The zero-order chi connectivity index (χ0) is 10.9. The summed E-state index contributed by atoms with van der Waals surface area (Å²) in [6.45, 7) is 5.73. The number of nitrogens with zero attached hydrogens (tertiary/aromatic N) is 1. The van der Waals surface area contributed by atoms with E-state index in [0.29, 0.717) is 6.54 Å². The molecule has 1 aromatic rings. The monoisotopic (exact) mass is 202 g/mol. The second kappa shape index (κ2) is 6.92. The lowest BCUT2D eigenvalue weighted by Crippen LogP contribution is -2.32. The quantitative estimate of drug-likeness (QED) is 0.558. The van der Waals surface area contributed by atoms with E-state index >= 15 is 0 Å². The highest BCUT2D eigenvalue weighted by molar-refractivity contribution is 5.45. The third-order valence-electron chi connectivity index (χ3n) is 2.29. The number of benzene rings is 1. The number of likely N-dealkylation sites (N-methyl/N-ethyl adjacent to an activating group) is 1. The first-order valence-corrected chi connectivity index (χ1v) is 5.32. The Kier molecular flexibility index (Phi) is 5.35. The molecule has 1 aromatic carbocycles. The fourth-order valence-corrected chi connectivity index (χ4v) is 1.48. The summed E-state index contributed by atoms with van der Waals surface area (Å²) in [5, 5.41) is 3.19. The first kappa shape index (κ1) is 11.6. The van der Waals surface area contributed by atoms with Crippen LogP contribution < -0.4 is 10.2 Å². The smallest absolute Gasteiger partial charge is 0.0574 e. The van der Waals surface area contributed by atoms with Crippen molar-refractivity contribution in [1.82, 2.24) is 5.32 Å². The molecule has 0 unspecified atom stereocenters. The van der Waals surface area contributed by atoms with E-state index in [1.807, 2.05) is 6.07 Å². The Bertz CT molecular complexity index is 300. The van der Waals surface area contributed by atoms with Crippen molar-refractivity contribution >= 4 is 5.69 Å². The molecule has 0 aromatic heterocycles. The van der Waals surface area contributed by atoms with Crippen LogP contribution in [-0.2, 0) is 0 Å². The summed E-state index contributed by atoms with van der Waals surface area (Å²) in [7, 11) is 0. The van der Waals surface area contributed by atoms with Crippen LogP contribution in [-0.4, -0.2) is 26.2 Å². The van der Waals surface area contributed by atoms with Gasteiger partial charge in [0.25, 0.3) is 0 Å². The third kappa shape index (κ3) is 4.05. The third-order valence-corrected chi connectivity index (χ3v) is 2.29. The maximum Gasteiger partial charge on any atom is 0.0574 e. The van der Waals surface area contributed by atoms with E-state index in [1.54, 1.807) is 0 Å². The molecule has 0 bridgehead atoms. The largest absolute Gasteiger partial charge is 0.371 e. The highest BCUT2D eigenvalue weighted by Crippen LogP contribution is 2.11. The summed E-state index contributed by atoms with van der Waals surface area (Å²) in [4.78, 5) is 2.32. The van der Waals surface area contributed by atoms with Crippen LogP contribution in [0, 0.1) is 12.3 Å². The Labute approximate surface area is 92.3 Å². The first-order valence-electron chi connectivity index (χ1n) is 5.32. The average Bonchev–Trinajstić information content (AvgIpc) is 2.30. The van der Waals surface area contributed by atoms with Crippen molar-refractivity contribution < 1.29 is 0 Å². The van der Waals surface area contributed by atoms with E-state index in [0.717, 1.165) is 19.6 Å². The molecule has 0 heterocycles. The van der Waals surface area contributed by atoms with Crippen LogP contribution in [0.2, 0.25) is 0 Å². The molecule has 0 saturated carbocycles. The molecular weight excluding hydrogens is 184 g/mol. The Morgan fingerprint density at radius 3 is 2.67 bits per heavy atom. The number of para-hydroxylation sites is 1. The van der Waals surface area contributed by atoms with Crippen molar-refractivity contribution in [1.29, 1.82) is 0 Å². The van der Waals surface area contributed by atoms with Gasteiger partial charge < -0.3 is 10.2 Å².